The van der Waals surface area contributed by atoms with E-state index in [9.17, 15) is 9.59 Å². The van der Waals surface area contributed by atoms with Gasteiger partial charge in [-0.2, -0.15) is 0 Å². The maximum Gasteiger partial charge on any atom is 0.284 e. The predicted octanol–water partition coefficient (Wildman–Crippen LogP) is 0.785. The first-order chi connectivity index (χ1) is 13.1. The molecule has 0 aliphatic carbocycles. The number of hydrogen-bond acceptors (Lipinski definition) is 5. The van der Waals surface area contributed by atoms with E-state index in [2.05, 4.69) is 15.2 Å². The Kier molecular flexibility index (Phi) is 8.55. The highest BCUT2D eigenvalue weighted by molar-refractivity contribution is 14.0. The van der Waals surface area contributed by atoms with Crippen molar-refractivity contribution in [2.24, 2.45) is 10.7 Å². The largest absolute Gasteiger partial charge is 0.454 e. The van der Waals surface area contributed by atoms with Crippen molar-refractivity contribution in [3.05, 3.63) is 23.7 Å². The Labute approximate surface area is 181 Å². The second kappa shape index (κ2) is 10.6. The van der Waals surface area contributed by atoms with E-state index in [0.717, 1.165) is 25.3 Å². The number of guanidine groups is 1. The number of hydrogen-bond donors (Lipinski definition) is 2. The van der Waals surface area contributed by atoms with Crippen LogP contribution < -0.4 is 11.1 Å². The minimum absolute atomic E-state index is 0. The summed E-state index contributed by atoms with van der Waals surface area (Å²) in [5.74, 6) is 0.976. The van der Waals surface area contributed by atoms with E-state index in [1.165, 1.54) is 0 Å². The number of ether oxygens (including phenoxy) is 1. The van der Waals surface area contributed by atoms with Gasteiger partial charge in [0.1, 0.15) is 18.4 Å². The van der Waals surface area contributed by atoms with Crippen LogP contribution in [0, 0.1) is 0 Å². The fourth-order valence-corrected chi connectivity index (χ4v) is 3.29. The van der Waals surface area contributed by atoms with Crippen LogP contribution in [0.25, 0.3) is 0 Å². The number of furan rings is 1. The number of carbonyl (C=O) groups is 2. The smallest absolute Gasteiger partial charge is 0.284 e. The first-order valence-corrected chi connectivity index (χ1v) is 9.40. The van der Waals surface area contributed by atoms with Crippen LogP contribution in [-0.4, -0.2) is 73.0 Å². The lowest BCUT2D eigenvalue weighted by molar-refractivity contribution is -0.142. The predicted molar refractivity (Wildman–Crippen MR) is 115 cm³/mol. The molecule has 1 aromatic heterocycles. The maximum atomic E-state index is 12.5. The molecule has 3 rings (SSSR count). The zero-order valence-corrected chi connectivity index (χ0v) is 18.4. The summed E-state index contributed by atoms with van der Waals surface area (Å²) >= 11 is 0. The lowest BCUT2D eigenvalue weighted by Gasteiger charge is -2.37. The molecule has 2 aliphatic rings. The van der Waals surface area contributed by atoms with Crippen molar-refractivity contribution in [2.75, 3.05) is 39.3 Å². The number of nitrogens with zero attached hydrogens (tertiary/aromatic N) is 3. The Morgan fingerprint density at radius 1 is 1.25 bits per heavy atom. The van der Waals surface area contributed by atoms with Gasteiger partial charge in [0.05, 0.1) is 0 Å². The van der Waals surface area contributed by atoms with Gasteiger partial charge in [0.15, 0.2) is 11.7 Å². The first kappa shape index (κ1) is 22.5. The number of piperazine rings is 1. The molecule has 0 aromatic carbocycles. The number of nitrogens with one attached hydrogen (secondary N) is 1. The average Bonchev–Trinajstić information content (AvgIpc) is 3.36. The van der Waals surface area contributed by atoms with Crippen LogP contribution in [0.1, 0.15) is 36.1 Å². The summed E-state index contributed by atoms with van der Waals surface area (Å²) in [7, 11) is 0. The molecule has 0 spiro atoms. The second-order valence-corrected chi connectivity index (χ2v) is 6.61. The van der Waals surface area contributed by atoms with Gasteiger partial charge >= 0.3 is 0 Å². The zero-order valence-electron chi connectivity index (χ0n) is 16.1. The summed E-state index contributed by atoms with van der Waals surface area (Å²) in [6, 6.07) is 3.25. The van der Waals surface area contributed by atoms with E-state index < -0.39 is 5.91 Å². The number of nitrogens with two attached hydrogens (primary N) is 1. The van der Waals surface area contributed by atoms with Crippen molar-refractivity contribution in [3.8, 4) is 0 Å². The highest BCUT2D eigenvalue weighted by atomic mass is 127. The van der Waals surface area contributed by atoms with Gasteiger partial charge in [-0.05, 0) is 31.9 Å². The van der Waals surface area contributed by atoms with Crippen molar-refractivity contribution in [2.45, 2.75) is 32.4 Å². The number of carbonyl (C=O) groups excluding carboxylic acids is 2. The molecule has 2 saturated heterocycles. The molecular weight excluding hydrogens is 477 g/mol. The van der Waals surface area contributed by atoms with Gasteiger partial charge in [0, 0.05) is 39.3 Å². The van der Waals surface area contributed by atoms with Crippen LogP contribution >= 0.6 is 24.0 Å². The van der Waals surface area contributed by atoms with Crippen molar-refractivity contribution in [1.82, 2.24) is 15.1 Å². The highest BCUT2D eigenvalue weighted by Crippen LogP contribution is 2.16. The topological polar surface area (TPSA) is 113 Å². The van der Waals surface area contributed by atoms with Gasteiger partial charge in [-0.1, -0.05) is 0 Å². The summed E-state index contributed by atoms with van der Waals surface area (Å²) in [6.45, 7) is 6.43. The molecule has 2 fully saturated rings. The average molecular weight is 505 g/mol. The Balaban J connectivity index is 0.00000280. The Bertz CT molecular complexity index is 694. The third kappa shape index (κ3) is 5.60. The van der Waals surface area contributed by atoms with E-state index in [4.69, 9.17) is 14.9 Å². The number of primary amides is 1. The van der Waals surface area contributed by atoms with Gasteiger partial charge in [0.2, 0.25) is 0 Å². The summed E-state index contributed by atoms with van der Waals surface area (Å²) < 4.78 is 10.9. The quantitative estimate of drug-likeness (QED) is 0.348. The molecule has 2 amide bonds. The van der Waals surface area contributed by atoms with Gasteiger partial charge in [-0.15, -0.1) is 24.0 Å². The Morgan fingerprint density at radius 2 is 1.96 bits per heavy atom. The minimum atomic E-state index is -0.593. The van der Waals surface area contributed by atoms with Crippen LogP contribution in [0.15, 0.2) is 21.5 Å². The van der Waals surface area contributed by atoms with Crippen molar-refractivity contribution >= 4 is 41.8 Å². The van der Waals surface area contributed by atoms with Crippen LogP contribution in [0.3, 0.4) is 0 Å². The standard InChI is InChI=1S/C18H27N5O4.HI/c1-2-20-18(21-12-13-5-6-14(27-13)16(19)24)23-9-7-22(8-10-23)17(25)15-4-3-11-26-15;/h5-6,15H,2-4,7-12H2,1H3,(H2,19,24)(H,20,21);1H. The highest BCUT2D eigenvalue weighted by Gasteiger charge is 2.30. The molecule has 0 saturated carbocycles. The molecule has 3 N–H and O–H groups in total. The fourth-order valence-electron chi connectivity index (χ4n) is 3.29. The maximum absolute atomic E-state index is 12.5. The summed E-state index contributed by atoms with van der Waals surface area (Å²) in [5, 5.41) is 3.27. The first-order valence-electron chi connectivity index (χ1n) is 9.40. The fraction of sp³-hybridized carbons (Fsp3) is 0.611. The molecule has 2 aliphatic heterocycles. The molecule has 28 heavy (non-hydrogen) atoms. The van der Waals surface area contributed by atoms with Crippen molar-refractivity contribution in [1.29, 1.82) is 0 Å². The molecule has 3 heterocycles. The molecule has 0 radical (unpaired) electrons. The third-order valence-electron chi connectivity index (χ3n) is 4.72. The van der Waals surface area contributed by atoms with E-state index in [1.54, 1.807) is 12.1 Å². The molecule has 0 bridgehead atoms. The molecule has 156 valence electrons. The monoisotopic (exact) mass is 505 g/mol. The van der Waals surface area contributed by atoms with Crippen LogP contribution in [-0.2, 0) is 16.1 Å². The molecule has 1 atom stereocenters. The van der Waals surface area contributed by atoms with Gasteiger partial charge in [-0.25, -0.2) is 4.99 Å². The number of aliphatic imine (C=N–C) groups is 1. The zero-order chi connectivity index (χ0) is 19.2. The molecule has 1 unspecified atom stereocenters. The number of halogens is 1. The molecular formula is C18H28IN5O4. The molecule has 10 heteroatoms. The van der Waals surface area contributed by atoms with Gasteiger partial charge in [-0.3, -0.25) is 9.59 Å². The van der Waals surface area contributed by atoms with E-state index in [1.807, 2.05) is 11.8 Å². The lowest BCUT2D eigenvalue weighted by atomic mass is 10.2. The van der Waals surface area contributed by atoms with E-state index >= 15 is 0 Å². The Morgan fingerprint density at radius 3 is 2.54 bits per heavy atom. The second-order valence-electron chi connectivity index (χ2n) is 6.61. The lowest BCUT2D eigenvalue weighted by Crippen LogP contribution is -2.55. The van der Waals surface area contributed by atoms with Crippen LogP contribution in [0.2, 0.25) is 0 Å². The van der Waals surface area contributed by atoms with E-state index in [0.29, 0.717) is 45.1 Å². The van der Waals surface area contributed by atoms with Crippen LogP contribution in [0.4, 0.5) is 0 Å². The Hall–Kier alpha value is -1.82. The summed E-state index contributed by atoms with van der Waals surface area (Å²) in [6.07, 6.45) is 1.51. The SMILES string of the molecule is CCNC(=NCc1ccc(C(N)=O)o1)N1CCN(C(=O)C2CCCO2)CC1.I. The molecule has 9 nitrogen and oxygen atoms in total. The summed E-state index contributed by atoms with van der Waals surface area (Å²) in [4.78, 5) is 32.2. The normalized spacial score (nSPS) is 20.0. The van der Waals surface area contributed by atoms with Crippen LogP contribution in [0.5, 0.6) is 0 Å². The number of amides is 2. The molecule has 1 aromatic rings. The minimum Gasteiger partial charge on any atom is -0.454 e. The van der Waals surface area contributed by atoms with Gasteiger partial charge < -0.3 is 30.0 Å². The van der Waals surface area contributed by atoms with Crippen molar-refractivity contribution < 1.29 is 18.7 Å². The van der Waals surface area contributed by atoms with Gasteiger partial charge in [0.25, 0.3) is 11.8 Å². The summed E-state index contributed by atoms with van der Waals surface area (Å²) in [5.41, 5.74) is 5.20. The van der Waals surface area contributed by atoms with Crippen molar-refractivity contribution in [3.63, 3.8) is 0 Å². The number of rotatable bonds is 5. The third-order valence-corrected chi connectivity index (χ3v) is 4.72. The van der Waals surface area contributed by atoms with E-state index in [-0.39, 0.29) is 41.7 Å².